The molecule has 1 heterocycles. The molecule has 1 unspecified atom stereocenters. The minimum atomic E-state index is 0.322. The zero-order chi connectivity index (χ0) is 14.5. The van der Waals surface area contributed by atoms with Crippen molar-refractivity contribution in [2.24, 2.45) is 0 Å². The Bertz CT molecular complexity index is 610. The summed E-state index contributed by atoms with van der Waals surface area (Å²) in [5, 5.41) is 3.66. The van der Waals surface area contributed by atoms with Crippen LogP contribution < -0.4 is 10.2 Å². The second-order valence-electron chi connectivity index (χ2n) is 5.24. The van der Waals surface area contributed by atoms with E-state index < -0.39 is 0 Å². The van der Waals surface area contributed by atoms with E-state index in [0.29, 0.717) is 6.04 Å². The number of benzene rings is 2. The summed E-state index contributed by atoms with van der Waals surface area (Å²) in [5.74, 6) is 0. The minimum absolute atomic E-state index is 0.322. The zero-order valence-electron chi connectivity index (χ0n) is 11.9. The fourth-order valence-electron chi connectivity index (χ4n) is 2.83. The molecule has 0 amide bonds. The molecule has 2 nitrogen and oxygen atoms in total. The van der Waals surface area contributed by atoms with Gasteiger partial charge >= 0.3 is 0 Å². The summed E-state index contributed by atoms with van der Waals surface area (Å²) in [4.78, 5) is 2.38. The van der Waals surface area contributed by atoms with Gasteiger partial charge in [-0.3, -0.25) is 0 Å². The highest BCUT2D eigenvalue weighted by atomic mass is 35.5. The summed E-state index contributed by atoms with van der Waals surface area (Å²) in [5.41, 5.74) is 5.54. The smallest absolute Gasteiger partial charge is 0.0501 e. The first-order valence-electron chi connectivity index (χ1n) is 7.25. The van der Waals surface area contributed by atoms with Crippen molar-refractivity contribution in [3.8, 4) is 0 Å². The third-order valence-electron chi connectivity index (χ3n) is 3.89. The first-order chi connectivity index (χ1) is 10.4. The molecule has 21 heavy (non-hydrogen) atoms. The van der Waals surface area contributed by atoms with Crippen LogP contribution in [0.1, 0.15) is 17.2 Å². The van der Waals surface area contributed by atoms with Gasteiger partial charge in [0.25, 0.3) is 0 Å². The van der Waals surface area contributed by atoms with Gasteiger partial charge in [-0.25, -0.2) is 0 Å². The topological polar surface area (TPSA) is 15.3 Å². The number of fused-ring (bicyclic) bond motifs is 1. The molecule has 0 saturated carbocycles. The van der Waals surface area contributed by atoms with Gasteiger partial charge < -0.3 is 10.2 Å². The number of hydrogen-bond acceptors (Lipinski definition) is 2. The van der Waals surface area contributed by atoms with Gasteiger partial charge in [0.05, 0.1) is 6.04 Å². The molecule has 0 spiro atoms. The van der Waals surface area contributed by atoms with Gasteiger partial charge in [-0.1, -0.05) is 66.2 Å². The second-order valence-corrected chi connectivity index (χ2v) is 5.49. The van der Waals surface area contributed by atoms with E-state index in [2.05, 4.69) is 64.8 Å². The van der Waals surface area contributed by atoms with E-state index in [-0.39, 0.29) is 0 Å². The van der Waals surface area contributed by atoms with Gasteiger partial charge in [0.15, 0.2) is 0 Å². The summed E-state index contributed by atoms with van der Waals surface area (Å²) >= 11 is 5.72. The van der Waals surface area contributed by atoms with Crippen LogP contribution in [0.3, 0.4) is 0 Å². The van der Waals surface area contributed by atoms with Gasteiger partial charge in [-0.2, -0.15) is 0 Å². The molecule has 0 bridgehead atoms. The Morgan fingerprint density at radius 3 is 2.67 bits per heavy atom. The Labute approximate surface area is 131 Å². The molecule has 3 rings (SSSR count). The molecule has 108 valence electrons. The van der Waals surface area contributed by atoms with Gasteiger partial charge in [-0.05, 0) is 17.2 Å². The van der Waals surface area contributed by atoms with Crippen LogP contribution in [0.5, 0.6) is 0 Å². The Morgan fingerprint density at radius 1 is 1.10 bits per heavy atom. The quantitative estimate of drug-likeness (QED) is 0.918. The highest BCUT2D eigenvalue weighted by Crippen LogP contribution is 2.27. The van der Waals surface area contributed by atoms with E-state index in [1.165, 1.54) is 16.8 Å². The normalized spacial score (nSPS) is 18.5. The van der Waals surface area contributed by atoms with Gasteiger partial charge in [0, 0.05) is 30.9 Å². The van der Waals surface area contributed by atoms with Crippen LogP contribution in [0.4, 0.5) is 5.69 Å². The van der Waals surface area contributed by atoms with E-state index >= 15 is 0 Å². The van der Waals surface area contributed by atoms with E-state index in [1.54, 1.807) is 5.54 Å². The fourth-order valence-corrected chi connectivity index (χ4v) is 2.91. The van der Waals surface area contributed by atoms with Crippen LogP contribution in [0, 0.1) is 0 Å². The molecule has 0 saturated heterocycles. The number of anilines is 1. The van der Waals surface area contributed by atoms with Crippen LogP contribution in [-0.4, -0.2) is 13.1 Å². The molecule has 2 aromatic carbocycles. The molecule has 0 aromatic heterocycles. The summed E-state index contributed by atoms with van der Waals surface area (Å²) < 4.78 is 0. The van der Waals surface area contributed by atoms with E-state index in [1.807, 2.05) is 6.08 Å². The number of para-hydroxylation sites is 1. The average Bonchev–Trinajstić information content (AvgIpc) is 2.74. The Hall–Kier alpha value is -1.77. The maximum Gasteiger partial charge on any atom is 0.0501 e. The summed E-state index contributed by atoms with van der Waals surface area (Å²) in [6.45, 7) is 2.64. The minimum Gasteiger partial charge on any atom is -0.366 e. The molecule has 1 aliphatic heterocycles. The summed E-state index contributed by atoms with van der Waals surface area (Å²) in [6.07, 6.45) is 1.99. The molecule has 0 fully saturated rings. The number of nitrogens with one attached hydrogen (secondary N) is 1. The molecule has 1 aliphatic rings. The van der Waals surface area contributed by atoms with Crippen LogP contribution in [0.25, 0.3) is 0 Å². The van der Waals surface area contributed by atoms with Gasteiger partial charge in [0.2, 0.25) is 0 Å². The number of hydrogen-bond donors (Lipinski definition) is 1. The third kappa shape index (κ3) is 3.29. The second kappa shape index (κ2) is 6.79. The Morgan fingerprint density at radius 2 is 1.86 bits per heavy atom. The summed E-state index contributed by atoms with van der Waals surface area (Å²) in [6, 6.07) is 19.5. The third-order valence-corrected chi connectivity index (χ3v) is 4.07. The van der Waals surface area contributed by atoms with Crippen molar-refractivity contribution in [3.05, 3.63) is 77.3 Å². The monoisotopic (exact) mass is 298 g/mol. The number of halogens is 1. The lowest BCUT2D eigenvalue weighted by Crippen LogP contribution is -2.32. The lowest BCUT2D eigenvalue weighted by molar-refractivity contribution is 0.544. The number of nitrogens with zero attached hydrogens (tertiary/aromatic N) is 1. The average molecular weight is 299 g/mol. The van der Waals surface area contributed by atoms with Crippen LogP contribution in [-0.2, 0) is 6.54 Å². The summed E-state index contributed by atoms with van der Waals surface area (Å²) in [7, 11) is 0. The molecule has 3 heteroatoms. The zero-order valence-corrected chi connectivity index (χ0v) is 12.6. The van der Waals surface area contributed by atoms with Crippen molar-refractivity contribution < 1.29 is 0 Å². The molecule has 0 aliphatic carbocycles. The lowest BCUT2D eigenvalue weighted by atomic mass is 10.1. The van der Waals surface area contributed by atoms with Crippen LogP contribution in [0.2, 0.25) is 0 Å². The van der Waals surface area contributed by atoms with Gasteiger partial charge in [0.1, 0.15) is 0 Å². The van der Waals surface area contributed by atoms with Crippen molar-refractivity contribution in [2.75, 3.05) is 18.0 Å². The van der Waals surface area contributed by atoms with Crippen molar-refractivity contribution >= 4 is 17.3 Å². The maximum absolute atomic E-state index is 5.72. The Kier molecular flexibility index (Phi) is 4.59. The van der Waals surface area contributed by atoms with Crippen LogP contribution >= 0.6 is 11.6 Å². The molecule has 1 atom stereocenters. The van der Waals surface area contributed by atoms with E-state index in [0.717, 1.165) is 19.6 Å². The number of rotatable bonds is 3. The van der Waals surface area contributed by atoms with Crippen molar-refractivity contribution in [2.45, 2.75) is 12.6 Å². The molecule has 2 aromatic rings. The first kappa shape index (κ1) is 14.2. The largest absolute Gasteiger partial charge is 0.366 e. The molecule has 0 radical (unpaired) electrons. The molecular weight excluding hydrogens is 280 g/mol. The predicted molar refractivity (Wildman–Crippen MR) is 89.7 cm³/mol. The highest BCUT2D eigenvalue weighted by molar-refractivity contribution is 6.25. The van der Waals surface area contributed by atoms with E-state index in [4.69, 9.17) is 11.6 Å². The standard InChI is InChI=1S/C18H19ClN2/c19-11-6-12-21-14-17(15-7-2-1-3-8-15)20-13-16-9-4-5-10-18(16)21/h1-11,17,20H,12-14H2/b11-6+. The van der Waals surface area contributed by atoms with E-state index in [9.17, 15) is 0 Å². The predicted octanol–water partition coefficient (Wildman–Crippen LogP) is 4.09. The molecule has 1 N–H and O–H groups in total. The van der Waals surface area contributed by atoms with Crippen molar-refractivity contribution in [3.63, 3.8) is 0 Å². The first-order valence-corrected chi connectivity index (χ1v) is 7.68. The maximum atomic E-state index is 5.72. The van der Waals surface area contributed by atoms with Gasteiger partial charge in [-0.15, -0.1) is 0 Å². The Balaban J connectivity index is 1.90. The fraction of sp³-hybridized carbons (Fsp3) is 0.222. The molecular formula is C18H19ClN2. The highest BCUT2D eigenvalue weighted by Gasteiger charge is 2.21. The van der Waals surface area contributed by atoms with Crippen molar-refractivity contribution in [1.82, 2.24) is 5.32 Å². The lowest BCUT2D eigenvalue weighted by Gasteiger charge is -2.26. The SMILES string of the molecule is Cl/C=C/CN1CC(c2ccccc2)NCc2ccccc21. The van der Waals surface area contributed by atoms with Crippen LogP contribution in [0.15, 0.2) is 66.2 Å². The van der Waals surface area contributed by atoms with Crippen molar-refractivity contribution in [1.29, 1.82) is 0 Å².